The Bertz CT molecular complexity index is 368. The molecule has 0 fully saturated rings. The van der Waals surface area contributed by atoms with E-state index in [1.165, 1.54) is 6.08 Å². The van der Waals surface area contributed by atoms with E-state index in [-0.39, 0.29) is 0 Å². The van der Waals surface area contributed by atoms with E-state index in [1.807, 2.05) is 6.92 Å². The normalized spacial score (nSPS) is 9.47. The van der Waals surface area contributed by atoms with Gasteiger partial charge in [0.1, 0.15) is 0 Å². The minimum atomic E-state index is -0.879. The van der Waals surface area contributed by atoms with Crippen LogP contribution in [0, 0.1) is 0 Å². The van der Waals surface area contributed by atoms with Crippen molar-refractivity contribution in [2.24, 2.45) is 0 Å². The molecule has 0 aliphatic rings. The first-order chi connectivity index (χ1) is 8.07. The van der Waals surface area contributed by atoms with Gasteiger partial charge in [-0.15, -0.1) is 0 Å². The van der Waals surface area contributed by atoms with Crippen molar-refractivity contribution in [3.63, 3.8) is 0 Å². The van der Waals surface area contributed by atoms with Crippen molar-refractivity contribution in [3.8, 4) is 0 Å². The first kappa shape index (κ1) is 14.9. The molecule has 0 unspecified atom stereocenters. The quantitative estimate of drug-likeness (QED) is 0.788. The van der Waals surface area contributed by atoms with Crippen molar-refractivity contribution < 1.29 is 19.8 Å². The van der Waals surface area contributed by atoms with Gasteiger partial charge in [0.25, 0.3) is 0 Å². The fraction of sp³-hybridized carbons (Fsp3) is 0.231. The molecule has 2 N–H and O–H groups in total. The van der Waals surface area contributed by atoms with Gasteiger partial charge in [-0.1, -0.05) is 37.6 Å². The molecule has 1 aromatic rings. The SMILES string of the molecule is CCCC=CC(=O)O.O=C(O)c1ccccc1. The highest BCUT2D eigenvalue weighted by Gasteiger charge is 1.96. The second kappa shape index (κ2) is 9.15. The molecule has 17 heavy (non-hydrogen) atoms. The number of allylic oxidation sites excluding steroid dienone is 1. The van der Waals surface area contributed by atoms with Crippen LogP contribution in [0.4, 0.5) is 0 Å². The second-order valence-electron chi connectivity index (χ2n) is 3.20. The van der Waals surface area contributed by atoms with Gasteiger partial charge >= 0.3 is 11.9 Å². The Morgan fingerprint density at radius 2 is 1.76 bits per heavy atom. The smallest absolute Gasteiger partial charge is 0.335 e. The van der Waals surface area contributed by atoms with Crippen LogP contribution < -0.4 is 0 Å². The number of carboxylic acid groups (broad SMARTS) is 2. The lowest BCUT2D eigenvalue weighted by molar-refractivity contribution is -0.131. The zero-order chi connectivity index (χ0) is 13.1. The second-order valence-corrected chi connectivity index (χ2v) is 3.20. The minimum Gasteiger partial charge on any atom is -0.478 e. The number of aliphatic carboxylic acids is 1. The van der Waals surface area contributed by atoms with Gasteiger partial charge in [-0.2, -0.15) is 0 Å². The monoisotopic (exact) mass is 236 g/mol. The highest BCUT2D eigenvalue weighted by molar-refractivity contribution is 5.87. The van der Waals surface area contributed by atoms with Crippen molar-refractivity contribution in [2.45, 2.75) is 19.8 Å². The van der Waals surface area contributed by atoms with E-state index in [9.17, 15) is 9.59 Å². The molecule has 4 nitrogen and oxygen atoms in total. The molecule has 0 atom stereocenters. The summed E-state index contributed by atoms with van der Waals surface area (Å²) in [4.78, 5) is 20.0. The summed E-state index contributed by atoms with van der Waals surface area (Å²) in [5.74, 6) is -1.74. The van der Waals surface area contributed by atoms with E-state index in [1.54, 1.807) is 36.4 Å². The number of benzene rings is 1. The van der Waals surface area contributed by atoms with Crippen LogP contribution in [-0.2, 0) is 4.79 Å². The fourth-order valence-electron chi connectivity index (χ4n) is 0.932. The number of unbranched alkanes of at least 4 members (excludes halogenated alkanes) is 1. The number of carboxylic acids is 2. The maximum atomic E-state index is 10.2. The minimum absolute atomic E-state index is 0.331. The molecule has 0 aliphatic heterocycles. The van der Waals surface area contributed by atoms with Gasteiger partial charge in [0, 0.05) is 6.08 Å². The molecule has 92 valence electrons. The molecule has 0 spiro atoms. The summed E-state index contributed by atoms with van der Waals surface area (Å²) >= 11 is 0. The summed E-state index contributed by atoms with van der Waals surface area (Å²) < 4.78 is 0. The molecule has 1 rings (SSSR count). The summed E-state index contributed by atoms with van der Waals surface area (Å²) in [5, 5.41) is 16.4. The summed E-state index contributed by atoms with van der Waals surface area (Å²) in [6.07, 6.45) is 4.68. The zero-order valence-electron chi connectivity index (χ0n) is 9.67. The maximum absolute atomic E-state index is 10.2. The number of rotatable bonds is 4. The van der Waals surface area contributed by atoms with E-state index in [4.69, 9.17) is 10.2 Å². The van der Waals surface area contributed by atoms with Crippen LogP contribution in [0.15, 0.2) is 42.5 Å². The van der Waals surface area contributed by atoms with E-state index in [2.05, 4.69) is 0 Å². The zero-order valence-corrected chi connectivity index (χ0v) is 9.67. The number of hydrogen-bond donors (Lipinski definition) is 2. The molecule has 0 amide bonds. The van der Waals surface area contributed by atoms with Crippen LogP contribution in [-0.4, -0.2) is 22.2 Å². The third-order valence-corrected chi connectivity index (χ3v) is 1.74. The number of aromatic carboxylic acids is 1. The first-order valence-electron chi connectivity index (χ1n) is 5.25. The van der Waals surface area contributed by atoms with Gasteiger partial charge in [-0.25, -0.2) is 9.59 Å². The van der Waals surface area contributed by atoms with E-state index >= 15 is 0 Å². The van der Waals surface area contributed by atoms with Crippen molar-refractivity contribution in [2.75, 3.05) is 0 Å². The largest absolute Gasteiger partial charge is 0.478 e. The van der Waals surface area contributed by atoms with Crippen molar-refractivity contribution >= 4 is 11.9 Å². The summed E-state index contributed by atoms with van der Waals surface area (Å²) in [5.41, 5.74) is 0.331. The molecule has 0 heterocycles. The molecule has 0 radical (unpaired) electrons. The van der Waals surface area contributed by atoms with Crippen molar-refractivity contribution in [1.29, 1.82) is 0 Å². The Labute approximate surface area is 100 Å². The summed E-state index contributed by atoms with van der Waals surface area (Å²) in [6, 6.07) is 8.30. The van der Waals surface area contributed by atoms with Crippen LogP contribution in [0.3, 0.4) is 0 Å². The predicted octanol–water partition coefficient (Wildman–Crippen LogP) is 2.81. The molecule has 0 saturated heterocycles. The summed E-state index contributed by atoms with van der Waals surface area (Å²) in [7, 11) is 0. The Morgan fingerprint density at radius 1 is 1.18 bits per heavy atom. The van der Waals surface area contributed by atoms with Gasteiger partial charge in [0.2, 0.25) is 0 Å². The maximum Gasteiger partial charge on any atom is 0.335 e. The lowest BCUT2D eigenvalue weighted by Gasteiger charge is -1.88. The van der Waals surface area contributed by atoms with Gasteiger partial charge in [-0.3, -0.25) is 0 Å². The Morgan fingerprint density at radius 3 is 2.12 bits per heavy atom. The third kappa shape index (κ3) is 8.87. The van der Waals surface area contributed by atoms with Crippen LogP contribution in [0.2, 0.25) is 0 Å². The number of hydrogen-bond acceptors (Lipinski definition) is 2. The lowest BCUT2D eigenvalue weighted by atomic mass is 10.2. The van der Waals surface area contributed by atoms with E-state index < -0.39 is 11.9 Å². The molecule has 0 bridgehead atoms. The molecular formula is C13H16O4. The van der Waals surface area contributed by atoms with Gasteiger partial charge in [0.05, 0.1) is 5.56 Å². The average Bonchev–Trinajstić information content (AvgIpc) is 2.31. The van der Waals surface area contributed by atoms with E-state index in [0.717, 1.165) is 12.8 Å². The Balaban J connectivity index is 0.000000304. The molecule has 0 aliphatic carbocycles. The van der Waals surface area contributed by atoms with Crippen molar-refractivity contribution in [3.05, 3.63) is 48.0 Å². The highest BCUT2D eigenvalue weighted by Crippen LogP contribution is 1.96. The van der Waals surface area contributed by atoms with Crippen LogP contribution in [0.5, 0.6) is 0 Å². The van der Waals surface area contributed by atoms with Gasteiger partial charge < -0.3 is 10.2 Å². The standard InChI is InChI=1S/C7H6O2.C6H10O2/c8-7(9)6-4-2-1-3-5-6;1-2-3-4-5-6(7)8/h1-5H,(H,8,9);4-5H,2-3H2,1H3,(H,7,8). The van der Waals surface area contributed by atoms with Crippen LogP contribution in [0.1, 0.15) is 30.1 Å². The molecule has 0 saturated carbocycles. The highest BCUT2D eigenvalue weighted by atomic mass is 16.4. The summed E-state index contributed by atoms with van der Waals surface area (Å²) in [6.45, 7) is 2.01. The number of carbonyl (C=O) groups is 2. The van der Waals surface area contributed by atoms with Gasteiger partial charge in [0.15, 0.2) is 0 Å². The topological polar surface area (TPSA) is 74.6 Å². The van der Waals surface area contributed by atoms with E-state index in [0.29, 0.717) is 5.56 Å². The Hall–Kier alpha value is -2.10. The lowest BCUT2D eigenvalue weighted by Crippen LogP contribution is -1.93. The first-order valence-corrected chi connectivity index (χ1v) is 5.25. The third-order valence-electron chi connectivity index (χ3n) is 1.74. The molecule has 4 heteroatoms. The predicted molar refractivity (Wildman–Crippen MR) is 65.1 cm³/mol. The van der Waals surface area contributed by atoms with Crippen LogP contribution >= 0.6 is 0 Å². The fourth-order valence-corrected chi connectivity index (χ4v) is 0.932. The average molecular weight is 236 g/mol. The molecule has 1 aromatic carbocycles. The Kier molecular flexibility index (Phi) is 8.02. The molecule has 0 aromatic heterocycles. The van der Waals surface area contributed by atoms with Gasteiger partial charge in [-0.05, 0) is 18.6 Å². The molecular weight excluding hydrogens is 220 g/mol. The van der Waals surface area contributed by atoms with Crippen LogP contribution in [0.25, 0.3) is 0 Å². The van der Waals surface area contributed by atoms with Crippen molar-refractivity contribution in [1.82, 2.24) is 0 Å².